The third kappa shape index (κ3) is 3.73. The van der Waals surface area contributed by atoms with Crippen LogP contribution in [0.3, 0.4) is 0 Å². The Labute approximate surface area is 158 Å². The molecule has 0 bridgehead atoms. The van der Waals surface area contributed by atoms with E-state index in [-0.39, 0.29) is 12.1 Å². The molecule has 26 heavy (non-hydrogen) atoms. The van der Waals surface area contributed by atoms with Crippen molar-refractivity contribution in [2.75, 3.05) is 0 Å². The predicted octanol–water partition coefficient (Wildman–Crippen LogP) is 4.87. The summed E-state index contributed by atoms with van der Waals surface area (Å²) in [4.78, 5) is 4.73. The van der Waals surface area contributed by atoms with Gasteiger partial charge >= 0.3 is 0 Å². The number of rotatable bonds is 4. The Balaban J connectivity index is 1.58. The van der Waals surface area contributed by atoms with Crippen molar-refractivity contribution in [1.82, 2.24) is 10.6 Å². The highest BCUT2D eigenvalue weighted by Crippen LogP contribution is 2.32. The minimum absolute atomic E-state index is 0.141. The van der Waals surface area contributed by atoms with Crippen molar-refractivity contribution in [3.8, 4) is 0 Å². The lowest BCUT2D eigenvalue weighted by atomic mass is 9.95. The third-order valence-corrected chi connectivity index (χ3v) is 4.82. The Kier molecular flexibility index (Phi) is 4.89. The smallest absolute Gasteiger partial charge is 0.192 e. The molecule has 130 valence electrons. The van der Waals surface area contributed by atoms with E-state index in [0.717, 1.165) is 16.5 Å². The Morgan fingerprint density at radius 1 is 0.692 bits per heavy atom. The first-order valence-electron chi connectivity index (χ1n) is 8.71. The van der Waals surface area contributed by atoms with Crippen LogP contribution in [0, 0.1) is 0 Å². The van der Waals surface area contributed by atoms with Gasteiger partial charge in [-0.2, -0.15) is 0 Å². The van der Waals surface area contributed by atoms with Crippen molar-refractivity contribution in [2.24, 2.45) is 4.99 Å². The lowest BCUT2D eigenvalue weighted by molar-refractivity contribution is 0.554. The van der Waals surface area contributed by atoms with E-state index in [1.165, 1.54) is 11.1 Å². The lowest BCUT2D eigenvalue weighted by Gasteiger charge is -2.19. The topological polar surface area (TPSA) is 36.4 Å². The van der Waals surface area contributed by atoms with Crippen molar-refractivity contribution in [2.45, 2.75) is 18.6 Å². The molecule has 2 atom stereocenters. The number of hydrogen-bond donors (Lipinski definition) is 2. The highest BCUT2D eigenvalue weighted by Gasteiger charge is 2.32. The molecule has 3 aromatic rings. The molecule has 1 fully saturated rings. The van der Waals surface area contributed by atoms with Gasteiger partial charge in [-0.15, -0.1) is 0 Å². The molecular formula is C22H20ClN3. The Morgan fingerprint density at radius 3 is 1.69 bits per heavy atom. The van der Waals surface area contributed by atoms with Crippen molar-refractivity contribution in [3.05, 3.63) is 107 Å². The first kappa shape index (κ1) is 16.7. The van der Waals surface area contributed by atoms with Crippen LogP contribution in [-0.2, 0) is 6.54 Å². The molecule has 4 heteroatoms. The maximum atomic E-state index is 5.95. The van der Waals surface area contributed by atoms with Crippen LogP contribution < -0.4 is 10.6 Å². The van der Waals surface area contributed by atoms with E-state index in [2.05, 4.69) is 59.2 Å². The first-order chi connectivity index (χ1) is 12.8. The maximum Gasteiger partial charge on any atom is 0.192 e. The van der Waals surface area contributed by atoms with Gasteiger partial charge in [0.1, 0.15) is 0 Å². The third-order valence-electron chi connectivity index (χ3n) is 4.57. The second-order valence-corrected chi connectivity index (χ2v) is 6.79. The number of hydrogen-bond acceptors (Lipinski definition) is 1. The van der Waals surface area contributed by atoms with Gasteiger partial charge in [-0.1, -0.05) is 84.4 Å². The van der Waals surface area contributed by atoms with Crippen LogP contribution in [0.5, 0.6) is 0 Å². The van der Waals surface area contributed by atoms with Crippen LogP contribution in [0.15, 0.2) is 89.9 Å². The summed E-state index contributed by atoms with van der Waals surface area (Å²) >= 11 is 5.95. The van der Waals surface area contributed by atoms with Gasteiger partial charge in [0.2, 0.25) is 0 Å². The molecular weight excluding hydrogens is 342 g/mol. The van der Waals surface area contributed by atoms with Gasteiger partial charge < -0.3 is 10.6 Å². The van der Waals surface area contributed by atoms with Gasteiger partial charge in [0.05, 0.1) is 18.6 Å². The summed E-state index contributed by atoms with van der Waals surface area (Å²) in [6, 6.07) is 29.0. The molecule has 0 amide bonds. The first-order valence-corrected chi connectivity index (χ1v) is 9.09. The zero-order chi connectivity index (χ0) is 17.8. The van der Waals surface area contributed by atoms with E-state index in [4.69, 9.17) is 16.6 Å². The molecule has 3 nitrogen and oxygen atoms in total. The Hall–Kier alpha value is -2.78. The minimum Gasteiger partial charge on any atom is -0.347 e. The van der Waals surface area contributed by atoms with Gasteiger partial charge in [-0.05, 0) is 28.8 Å². The fourth-order valence-corrected chi connectivity index (χ4v) is 3.35. The molecule has 3 aromatic carbocycles. The van der Waals surface area contributed by atoms with E-state index in [9.17, 15) is 0 Å². The molecule has 2 unspecified atom stereocenters. The van der Waals surface area contributed by atoms with Crippen LogP contribution >= 0.6 is 11.6 Å². The predicted molar refractivity (Wildman–Crippen MR) is 107 cm³/mol. The van der Waals surface area contributed by atoms with Gasteiger partial charge in [0.25, 0.3) is 0 Å². The average molecular weight is 362 g/mol. The van der Waals surface area contributed by atoms with Crippen molar-refractivity contribution < 1.29 is 0 Å². The fraction of sp³-hybridized carbons (Fsp3) is 0.136. The van der Waals surface area contributed by atoms with Gasteiger partial charge in [-0.25, -0.2) is 4.99 Å². The molecule has 1 aliphatic rings. The Morgan fingerprint density at radius 2 is 1.19 bits per heavy atom. The standard InChI is InChI=1S/C22H20ClN3/c23-19-13-11-16(12-14-19)15-24-22-25-20(17-7-3-1-4-8-17)21(26-22)18-9-5-2-6-10-18/h1-14,20-21H,15H2,(H2,24,25,26). The van der Waals surface area contributed by atoms with E-state index >= 15 is 0 Å². The number of nitrogens with one attached hydrogen (secondary N) is 2. The zero-order valence-corrected chi connectivity index (χ0v) is 15.0. The summed E-state index contributed by atoms with van der Waals surface area (Å²) in [5.41, 5.74) is 3.61. The van der Waals surface area contributed by atoms with Crippen molar-refractivity contribution >= 4 is 17.6 Å². The summed E-state index contributed by atoms with van der Waals surface area (Å²) in [5, 5.41) is 7.84. The van der Waals surface area contributed by atoms with Crippen LogP contribution in [0.4, 0.5) is 0 Å². The Bertz CT molecular complexity index is 827. The van der Waals surface area contributed by atoms with Crippen molar-refractivity contribution in [3.63, 3.8) is 0 Å². The molecule has 2 N–H and O–H groups in total. The number of aliphatic imine (C=N–C) groups is 1. The highest BCUT2D eigenvalue weighted by atomic mass is 35.5. The monoisotopic (exact) mass is 361 g/mol. The van der Waals surface area contributed by atoms with E-state index in [0.29, 0.717) is 6.54 Å². The molecule has 1 heterocycles. The molecule has 4 rings (SSSR count). The maximum absolute atomic E-state index is 5.95. The second kappa shape index (κ2) is 7.63. The highest BCUT2D eigenvalue weighted by molar-refractivity contribution is 6.30. The van der Waals surface area contributed by atoms with E-state index in [1.807, 2.05) is 36.4 Å². The van der Waals surface area contributed by atoms with Crippen LogP contribution in [0.25, 0.3) is 0 Å². The minimum atomic E-state index is 0.141. The summed E-state index contributed by atoms with van der Waals surface area (Å²) in [6.07, 6.45) is 0. The molecule has 0 spiro atoms. The second-order valence-electron chi connectivity index (χ2n) is 6.36. The normalized spacial score (nSPS) is 18.9. The molecule has 0 aromatic heterocycles. The van der Waals surface area contributed by atoms with E-state index in [1.54, 1.807) is 0 Å². The number of guanidine groups is 1. The summed E-state index contributed by atoms with van der Waals surface area (Å²) in [5.74, 6) is 0.822. The SMILES string of the molecule is Clc1ccc(CN=C2NC(c3ccccc3)C(c3ccccc3)N2)cc1. The summed E-state index contributed by atoms with van der Waals surface area (Å²) in [7, 11) is 0. The van der Waals surface area contributed by atoms with Gasteiger partial charge in [0, 0.05) is 5.02 Å². The summed E-state index contributed by atoms with van der Waals surface area (Å²) in [6.45, 7) is 0.607. The largest absolute Gasteiger partial charge is 0.347 e. The fourth-order valence-electron chi connectivity index (χ4n) is 3.23. The molecule has 0 aliphatic carbocycles. The summed E-state index contributed by atoms with van der Waals surface area (Å²) < 4.78 is 0. The van der Waals surface area contributed by atoms with Crippen LogP contribution in [0.2, 0.25) is 5.02 Å². The van der Waals surface area contributed by atoms with Crippen LogP contribution in [-0.4, -0.2) is 5.96 Å². The zero-order valence-electron chi connectivity index (χ0n) is 14.3. The van der Waals surface area contributed by atoms with Gasteiger partial charge in [-0.3, -0.25) is 0 Å². The van der Waals surface area contributed by atoms with Crippen LogP contribution in [0.1, 0.15) is 28.8 Å². The van der Waals surface area contributed by atoms with Crippen molar-refractivity contribution in [1.29, 1.82) is 0 Å². The molecule has 0 saturated carbocycles. The number of benzene rings is 3. The number of nitrogens with zero attached hydrogens (tertiary/aromatic N) is 1. The molecule has 1 aliphatic heterocycles. The van der Waals surface area contributed by atoms with E-state index < -0.39 is 0 Å². The molecule has 1 saturated heterocycles. The lowest BCUT2D eigenvalue weighted by Crippen LogP contribution is -2.25. The molecule has 0 radical (unpaired) electrons. The quantitative estimate of drug-likeness (QED) is 0.695. The van der Waals surface area contributed by atoms with Gasteiger partial charge in [0.15, 0.2) is 5.96 Å². The average Bonchev–Trinajstić information content (AvgIpc) is 3.13. The number of halogens is 1.